The number of carbonyl (C=O) groups is 2. The lowest BCUT2D eigenvalue weighted by atomic mass is 10.1. The number of rotatable bonds is 2. The fourth-order valence-corrected chi connectivity index (χ4v) is 2.63. The average molecular weight is 316 g/mol. The number of carbonyl (C=O) groups excluding carboxylic acids is 2. The number of pyridine rings is 1. The predicted molar refractivity (Wildman–Crippen MR) is 85.4 cm³/mol. The molecule has 1 aromatic heterocycles. The molecular weight excluding hydrogens is 302 g/mol. The highest BCUT2D eigenvalue weighted by Crippen LogP contribution is 2.29. The van der Waals surface area contributed by atoms with Gasteiger partial charge in [-0.1, -0.05) is 11.6 Å². The predicted octanol–water partition coefficient (Wildman–Crippen LogP) is 2.90. The van der Waals surface area contributed by atoms with E-state index >= 15 is 0 Å². The van der Waals surface area contributed by atoms with Gasteiger partial charge in [-0.05, 0) is 42.3 Å². The third kappa shape index (κ3) is 2.80. The fraction of sp³-hybridized carbons (Fsp3) is 0.188. The quantitative estimate of drug-likeness (QED) is 0.867. The van der Waals surface area contributed by atoms with E-state index in [9.17, 15) is 9.59 Å². The number of aromatic nitrogens is 1. The van der Waals surface area contributed by atoms with Crippen LogP contribution in [-0.4, -0.2) is 23.3 Å². The van der Waals surface area contributed by atoms with Gasteiger partial charge in [0.1, 0.15) is 5.15 Å². The van der Waals surface area contributed by atoms with Crippen LogP contribution in [0.4, 0.5) is 11.4 Å². The molecule has 0 spiro atoms. The Labute approximate surface area is 132 Å². The monoisotopic (exact) mass is 315 g/mol. The maximum atomic E-state index is 12.3. The van der Waals surface area contributed by atoms with E-state index in [4.69, 9.17) is 11.6 Å². The van der Waals surface area contributed by atoms with E-state index < -0.39 is 0 Å². The number of hydrogen-bond donors (Lipinski definition) is 1. The van der Waals surface area contributed by atoms with Crippen molar-refractivity contribution in [2.75, 3.05) is 16.8 Å². The molecule has 2 heterocycles. The van der Waals surface area contributed by atoms with Crippen LogP contribution in [0, 0.1) is 0 Å². The van der Waals surface area contributed by atoms with Crippen LogP contribution in [0.2, 0.25) is 5.15 Å². The van der Waals surface area contributed by atoms with E-state index in [1.54, 1.807) is 30.0 Å². The summed E-state index contributed by atoms with van der Waals surface area (Å²) in [6, 6.07) is 8.68. The van der Waals surface area contributed by atoms with Crippen molar-refractivity contribution in [3.63, 3.8) is 0 Å². The first-order valence-electron chi connectivity index (χ1n) is 6.88. The lowest BCUT2D eigenvalue weighted by Gasteiger charge is -2.14. The third-order valence-corrected chi connectivity index (χ3v) is 3.83. The minimum Gasteiger partial charge on any atom is -0.321 e. The smallest absolute Gasteiger partial charge is 0.255 e. The molecule has 0 unspecified atom stereocenters. The second-order valence-electron chi connectivity index (χ2n) is 5.09. The van der Waals surface area contributed by atoms with Crippen molar-refractivity contribution < 1.29 is 9.59 Å². The molecular formula is C16H14ClN3O2. The van der Waals surface area contributed by atoms with Gasteiger partial charge in [0.15, 0.2) is 0 Å². The number of nitrogens with zero attached hydrogens (tertiary/aromatic N) is 2. The normalized spacial score (nSPS) is 12.9. The third-order valence-electron chi connectivity index (χ3n) is 3.60. The fourth-order valence-electron chi connectivity index (χ4n) is 2.52. The molecule has 6 heteroatoms. The van der Waals surface area contributed by atoms with E-state index in [0.29, 0.717) is 22.9 Å². The van der Waals surface area contributed by atoms with Crippen molar-refractivity contribution in [3.8, 4) is 0 Å². The number of hydrogen-bond acceptors (Lipinski definition) is 3. The summed E-state index contributed by atoms with van der Waals surface area (Å²) in [6.45, 7) is 2.21. The maximum absolute atomic E-state index is 12.3. The molecule has 0 aliphatic carbocycles. The van der Waals surface area contributed by atoms with Crippen LogP contribution in [0.25, 0.3) is 0 Å². The van der Waals surface area contributed by atoms with Gasteiger partial charge in [-0.2, -0.15) is 0 Å². The highest BCUT2D eigenvalue weighted by atomic mass is 35.5. The van der Waals surface area contributed by atoms with Gasteiger partial charge >= 0.3 is 0 Å². The Morgan fingerprint density at radius 2 is 2.09 bits per heavy atom. The van der Waals surface area contributed by atoms with Crippen LogP contribution < -0.4 is 10.2 Å². The van der Waals surface area contributed by atoms with Crippen molar-refractivity contribution in [3.05, 3.63) is 52.8 Å². The summed E-state index contributed by atoms with van der Waals surface area (Å²) in [5.41, 5.74) is 3.04. The Morgan fingerprint density at radius 3 is 2.77 bits per heavy atom. The maximum Gasteiger partial charge on any atom is 0.255 e. The summed E-state index contributed by atoms with van der Waals surface area (Å²) >= 11 is 5.71. The van der Waals surface area contributed by atoms with Crippen molar-refractivity contribution in [2.45, 2.75) is 13.3 Å². The Hall–Kier alpha value is -2.40. The largest absolute Gasteiger partial charge is 0.321 e. The minimum absolute atomic E-state index is 0.0168. The average Bonchev–Trinajstić information content (AvgIpc) is 2.92. The molecule has 0 fully saturated rings. The van der Waals surface area contributed by atoms with Crippen LogP contribution in [-0.2, 0) is 11.2 Å². The molecule has 1 aliphatic heterocycles. The summed E-state index contributed by atoms with van der Waals surface area (Å²) in [6.07, 6.45) is 2.27. The van der Waals surface area contributed by atoms with Crippen LogP contribution in [0.5, 0.6) is 0 Å². The molecule has 1 N–H and O–H groups in total. The molecule has 2 aromatic rings. The highest BCUT2D eigenvalue weighted by molar-refractivity contribution is 6.29. The second-order valence-corrected chi connectivity index (χ2v) is 5.48. The van der Waals surface area contributed by atoms with Gasteiger partial charge in [-0.3, -0.25) is 9.59 Å². The number of anilines is 2. The molecule has 0 atom stereocenters. The second kappa shape index (κ2) is 5.77. The number of nitrogens with one attached hydrogen (secondary N) is 1. The Balaban J connectivity index is 1.80. The van der Waals surface area contributed by atoms with Gasteiger partial charge in [0.05, 0.1) is 11.9 Å². The molecule has 1 aliphatic rings. The minimum atomic E-state index is -0.215. The summed E-state index contributed by atoms with van der Waals surface area (Å²) in [7, 11) is 0. The zero-order valence-corrected chi connectivity index (χ0v) is 12.7. The van der Waals surface area contributed by atoms with Crippen molar-refractivity contribution in [1.82, 2.24) is 4.98 Å². The lowest BCUT2D eigenvalue weighted by Crippen LogP contribution is -2.25. The highest BCUT2D eigenvalue weighted by Gasteiger charge is 2.23. The molecule has 3 rings (SSSR count). The molecule has 22 heavy (non-hydrogen) atoms. The zero-order valence-electron chi connectivity index (χ0n) is 12.0. The SMILES string of the molecule is CC(=O)N1CCc2cc(C(=O)Nc3ccc(Cl)nc3)ccc21. The van der Waals surface area contributed by atoms with Gasteiger partial charge in [-0.25, -0.2) is 4.98 Å². The Morgan fingerprint density at radius 1 is 1.27 bits per heavy atom. The molecule has 1 aromatic carbocycles. The summed E-state index contributed by atoms with van der Waals surface area (Å²) < 4.78 is 0. The van der Waals surface area contributed by atoms with E-state index in [1.807, 2.05) is 12.1 Å². The van der Waals surface area contributed by atoms with E-state index in [1.165, 1.54) is 6.20 Å². The molecule has 0 radical (unpaired) electrons. The first-order valence-corrected chi connectivity index (χ1v) is 7.26. The summed E-state index contributed by atoms with van der Waals surface area (Å²) in [5.74, 6) is -0.198. The number of halogens is 1. The lowest BCUT2D eigenvalue weighted by molar-refractivity contribution is -0.116. The number of benzene rings is 1. The standard InChI is InChI=1S/C16H14ClN3O2/c1-10(21)20-7-6-11-8-12(2-4-14(11)20)16(22)19-13-3-5-15(17)18-9-13/h2-5,8-9H,6-7H2,1H3,(H,19,22). The summed E-state index contributed by atoms with van der Waals surface area (Å²) in [4.78, 5) is 29.4. The Kier molecular flexibility index (Phi) is 3.81. The van der Waals surface area contributed by atoms with Crippen molar-refractivity contribution >= 4 is 34.8 Å². The molecule has 112 valence electrons. The van der Waals surface area contributed by atoms with Crippen LogP contribution in [0.1, 0.15) is 22.8 Å². The van der Waals surface area contributed by atoms with Gasteiger partial charge in [0.25, 0.3) is 5.91 Å². The van der Waals surface area contributed by atoms with Gasteiger partial charge < -0.3 is 10.2 Å². The molecule has 0 saturated heterocycles. The van der Waals surface area contributed by atoms with Crippen molar-refractivity contribution in [1.29, 1.82) is 0 Å². The Bertz CT molecular complexity index is 744. The van der Waals surface area contributed by atoms with E-state index in [0.717, 1.165) is 17.7 Å². The van der Waals surface area contributed by atoms with Crippen LogP contribution >= 0.6 is 11.6 Å². The van der Waals surface area contributed by atoms with Gasteiger partial charge in [0.2, 0.25) is 5.91 Å². The zero-order chi connectivity index (χ0) is 15.7. The topological polar surface area (TPSA) is 62.3 Å². The number of fused-ring (bicyclic) bond motifs is 1. The first kappa shape index (κ1) is 14.5. The van der Waals surface area contributed by atoms with Crippen LogP contribution in [0.3, 0.4) is 0 Å². The number of amides is 2. The van der Waals surface area contributed by atoms with Crippen LogP contribution in [0.15, 0.2) is 36.5 Å². The van der Waals surface area contributed by atoms with Crippen molar-refractivity contribution in [2.24, 2.45) is 0 Å². The van der Waals surface area contributed by atoms with E-state index in [-0.39, 0.29) is 11.8 Å². The first-order chi connectivity index (χ1) is 10.5. The van der Waals surface area contributed by atoms with Gasteiger partial charge in [0, 0.05) is 24.7 Å². The van der Waals surface area contributed by atoms with E-state index in [2.05, 4.69) is 10.3 Å². The summed E-state index contributed by atoms with van der Waals surface area (Å²) in [5, 5.41) is 3.14. The molecule has 2 amide bonds. The van der Waals surface area contributed by atoms with Gasteiger partial charge in [-0.15, -0.1) is 0 Å². The molecule has 0 saturated carbocycles. The molecule has 0 bridgehead atoms. The molecule has 5 nitrogen and oxygen atoms in total.